The average Bonchev–Trinajstić information content (AvgIpc) is 2.77. The number of hydrogen-bond donors (Lipinski definition) is 0. The zero-order valence-electron chi connectivity index (χ0n) is 8.58. The first-order valence-electron chi connectivity index (χ1n) is 4.53. The van der Waals surface area contributed by atoms with Gasteiger partial charge in [-0.1, -0.05) is 0 Å². The lowest BCUT2D eigenvalue weighted by Crippen LogP contribution is -2.06. The molecule has 15 heavy (non-hydrogen) atoms. The lowest BCUT2D eigenvalue weighted by Gasteiger charge is -1.99. The van der Waals surface area contributed by atoms with Crippen LogP contribution in [0.2, 0.25) is 0 Å². The van der Waals surface area contributed by atoms with Gasteiger partial charge in [-0.25, -0.2) is 0 Å². The lowest BCUT2D eigenvalue weighted by atomic mass is 10.3. The van der Waals surface area contributed by atoms with Crippen molar-refractivity contribution in [1.29, 1.82) is 0 Å². The second-order valence-electron chi connectivity index (χ2n) is 3.34. The fourth-order valence-corrected chi connectivity index (χ4v) is 1.23. The van der Waals surface area contributed by atoms with Gasteiger partial charge in [-0.3, -0.25) is 9.48 Å². The first-order chi connectivity index (χ1) is 7.16. The number of carbonyl (C=O) groups is 1. The van der Waals surface area contributed by atoms with Gasteiger partial charge >= 0.3 is 0 Å². The van der Waals surface area contributed by atoms with Crippen molar-refractivity contribution in [3.05, 3.63) is 30.1 Å². The molecule has 0 saturated heterocycles. The molecular formula is C9H11N5O. The Kier molecular flexibility index (Phi) is 2.32. The largest absolute Gasteiger partial charge is 0.319 e. The number of Topliss-reactive ketones (excluding diaryl/α,β-unsaturated/α-hetero) is 1. The van der Waals surface area contributed by atoms with Crippen LogP contribution in [0.3, 0.4) is 0 Å². The van der Waals surface area contributed by atoms with Crippen LogP contribution >= 0.6 is 0 Å². The van der Waals surface area contributed by atoms with Crippen molar-refractivity contribution in [2.75, 3.05) is 0 Å². The summed E-state index contributed by atoms with van der Waals surface area (Å²) in [7, 11) is 1.87. The zero-order chi connectivity index (χ0) is 10.8. The molecule has 0 spiro atoms. The molecule has 2 heterocycles. The number of carbonyl (C=O) groups excluding carboxylic acids is 1. The summed E-state index contributed by atoms with van der Waals surface area (Å²) in [5.74, 6) is 0.812. The monoisotopic (exact) mass is 205 g/mol. The third-order valence-electron chi connectivity index (χ3n) is 2.15. The van der Waals surface area contributed by atoms with Gasteiger partial charge in [0.05, 0.1) is 11.8 Å². The maximum atomic E-state index is 11.0. The Hall–Kier alpha value is -1.98. The maximum Gasteiger partial charge on any atom is 0.162 e. The summed E-state index contributed by atoms with van der Waals surface area (Å²) in [6, 6.07) is 0. The van der Waals surface area contributed by atoms with Crippen LogP contribution in [0.25, 0.3) is 0 Å². The third kappa shape index (κ3) is 1.93. The van der Waals surface area contributed by atoms with E-state index < -0.39 is 0 Å². The van der Waals surface area contributed by atoms with E-state index in [0.29, 0.717) is 12.1 Å². The summed E-state index contributed by atoms with van der Waals surface area (Å²) in [4.78, 5) is 11.0. The lowest BCUT2D eigenvalue weighted by molar-refractivity contribution is 0.101. The Morgan fingerprint density at radius 1 is 1.53 bits per heavy atom. The first kappa shape index (κ1) is 9.57. The van der Waals surface area contributed by atoms with E-state index >= 15 is 0 Å². The quantitative estimate of drug-likeness (QED) is 0.674. The Bertz CT molecular complexity index is 484. The molecule has 2 aromatic heterocycles. The molecule has 0 bridgehead atoms. The fraction of sp³-hybridized carbons (Fsp3) is 0.333. The van der Waals surface area contributed by atoms with E-state index in [4.69, 9.17) is 0 Å². The third-order valence-corrected chi connectivity index (χ3v) is 2.15. The van der Waals surface area contributed by atoms with Crippen molar-refractivity contribution >= 4 is 5.78 Å². The van der Waals surface area contributed by atoms with Gasteiger partial charge in [-0.15, -0.1) is 10.2 Å². The van der Waals surface area contributed by atoms with Crippen molar-refractivity contribution in [3.63, 3.8) is 0 Å². The van der Waals surface area contributed by atoms with Crippen LogP contribution in [-0.2, 0) is 13.6 Å². The van der Waals surface area contributed by atoms with E-state index in [9.17, 15) is 4.79 Å². The molecule has 0 atom stereocenters. The van der Waals surface area contributed by atoms with Crippen LogP contribution in [0.1, 0.15) is 23.1 Å². The summed E-state index contributed by atoms with van der Waals surface area (Å²) in [5.41, 5.74) is 0.608. The summed E-state index contributed by atoms with van der Waals surface area (Å²) in [5, 5.41) is 11.8. The second kappa shape index (κ2) is 3.64. The van der Waals surface area contributed by atoms with E-state index in [1.165, 1.54) is 6.92 Å². The van der Waals surface area contributed by atoms with Crippen molar-refractivity contribution in [2.45, 2.75) is 13.5 Å². The average molecular weight is 205 g/mol. The Balaban J connectivity index is 2.18. The number of aromatic nitrogens is 5. The summed E-state index contributed by atoms with van der Waals surface area (Å²) in [6.07, 6.45) is 4.89. The van der Waals surface area contributed by atoms with Crippen molar-refractivity contribution in [3.8, 4) is 0 Å². The minimum Gasteiger partial charge on any atom is -0.319 e. The smallest absolute Gasteiger partial charge is 0.162 e. The highest BCUT2D eigenvalue weighted by molar-refractivity contribution is 5.93. The molecule has 0 saturated carbocycles. The van der Waals surface area contributed by atoms with Gasteiger partial charge in [0.15, 0.2) is 11.6 Å². The van der Waals surface area contributed by atoms with Gasteiger partial charge in [-0.05, 0) is 6.92 Å². The highest BCUT2D eigenvalue weighted by Crippen LogP contribution is 2.01. The molecule has 0 amide bonds. The molecule has 0 aliphatic carbocycles. The summed E-state index contributed by atoms with van der Waals surface area (Å²) >= 11 is 0. The van der Waals surface area contributed by atoms with Gasteiger partial charge in [0.1, 0.15) is 12.9 Å². The first-order valence-corrected chi connectivity index (χ1v) is 4.53. The zero-order valence-corrected chi connectivity index (χ0v) is 8.58. The Morgan fingerprint density at radius 3 is 2.87 bits per heavy atom. The fourth-order valence-electron chi connectivity index (χ4n) is 1.23. The molecule has 0 aliphatic heterocycles. The predicted molar refractivity (Wildman–Crippen MR) is 52.3 cm³/mol. The van der Waals surface area contributed by atoms with E-state index in [2.05, 4.69) is 15.3 Å². The molecule has 6 heteroatoms. The van der Waals surface area contributed by atoms with Crippen LogP contribution in [0.15, 0.2) is 18.7 Å². The normalized spacial score (nSPS) is 10.5. The molecule has 0 fully saturated rings. The molecule has 0 radical (unpaired) electrons. The molecule has 0 aliphatic rings. The van der Waals surface area contributed by atoms with E-state index in [-0.39, 0.29) is 5.78 Å². The highest BCUT2D eigenvalue weighted by atomic mass is 16.1. The van der Waals surface area contributed by atoms with Crippen LogP contribution in [0.4, 0.5) is 0 Å². The molecule has 78 valence electrons. The molecule has 0 aromatic carbocycles. The molecule has 6 nitrogen and oxygen atoms in total. The van der Waals surface area contributed by atoms with E-state index in [1.54, 1.807) is 23.4 Å². The molecule has 0 unspecified atom stereocenters. The number of aryl methyl sites for hydroxylation is 1. The summed E-state index contributed by atoms with van der Waals surface area (Å²) in [6.45, 7) is 2.04. The van der Waals surface area contributed by atoms with Crippen molar-refractivity contribution < 1.29 is 4.79 Å². The van der Waals surface area contributed by atoms with E-state index in [0.717, 1.165) is 5.82 Å². The Morgan fingerprint density at radius 2 is 2.33 bits per heavy atom. The van der Waals surface area contributed by atoms with E-state index in [1.807, 2.05) is 11.6 Å². The second-order valence-corrected chi connectivity index (χ2v) is 3.34. The highest BCUT2D eigenvalue weighted by Gasteiger charge is 2.06. The molecule has 0 N–H and O–H groups in total. The van der Waals surface area contributed by atoms with Gasteiger partial charge < -0.3 is 4.57 Å². The van der Waals surface area contributed by atoms with Crippen molar-refractivity contribution in [2.24, 2.45) is 7.05 Å². The summed E-state index contributed by atoms with van der Waals surface area (Å²) < 4.78 is 3.48. The molecule has 2 aromatic rings. The van der Waals surface area contributed by atoms with Gasteiger partial charge in [0.25, 0.3) is 0 Å². The number of hydrogen-bond acceptors (Lipinski definition) is 4. The van der Waals surface area contributed by atoms with Crippen LogP contribution in [-0.4, -0.2) is 30.3 Å². The minimum atomic E-state index is 0.0132. The Labute approximate surface area is 86.5 Å². The number of nitrogens with zero attached hydrogens (tertiary/aromatic N) is 5. The van der Waals surface area contributed by atoms with Gasteiger partial charge in [0, 0.05) is 13.2 Å². The van der Waals surface area contributed by atoms with Crippen LogP contribution in [0, 0.1) is 0 Å². The standard InChI is InChI=1S/C9H11N5O/c1-7(15)8-3-11-14(4-8)5-9-12-10-6-13(9)2/h3-4,6H,5H2,1-2H3. The SMILES string of the molecule is CC(=O)c1cnn(Cc2nncn2C)c1. The number of rotatable bonds is 3. The van der Waals surface area contributed by atoms with Crippen LogP contribution < -0.4 is 0 Å². The molecular weight excluding hydrogens is 194 g/mol. The molecule has 2 rings (SSSR count). The van der Waals surface area contributed by atoms with Crippen LogP contribution in [0.5, 0.6) is 0 Å². The topological polar surface area (TPSA) is 65.6 Å². The maximum absolute atomic E-state index is 11.0. The van der Waals surface area contributed by atoms with Gasteiger partial charge in [0.2, 0.25) is 0 Å². The minimum absolute atomic E-state index is 0.0132. The number of ketones is 1. The predicted octanol–water partition coefficient (Wildman–Crippen LogP) is 0.262. The van der Waals surface area contributed by atoms with Crippen molar-refractivity contribution in [1.82, 2.24) is 24.5 Å². The van der Waals surface area contributed by atoms with Gasteiger partial charge in [-0.2, -0.15) is 5.10 Å².